The first-order valence-corrected chi connectivity index (χ1v) is 11.8. The zero-order valence-corrected chi connectivity index (χ0v) is 21.5. The lowest BCUT2D eigenvalue weighted by Crippen LogP contribution is -2.05. The third-order valence-electron chi connectivity index (χ3n) is 4.64. The minimum Gasteiger partial charge on any atom is -0.493 e. The standard InChI is InChI=1S/C24H15Cl3INO4/c1-31-21-10-14(8-19(28)22(21)32-12-13-2-5-16(25)6-3-13)9-20-24(30)33-23(29-20)15-4-7-17(26)18(27)11-15/h2-11H,12H2,1H3/b20-9-. The first kappa shape index (κ1) is 23.9. The fourth-order valence-corrected chi connectivity index (χ4v) is 4.22. The Morgan fingerprint density at radius 1 is 1.03 bits per heavy atom. The normalized spacial score (nSPS) is 14.3. The van der Waals surface area contributed by atoms with Crippen LogP contribution in [0.1, 0.15) is 16.7 Å². The molecule has 0 N–H and O–H groups in total. The van der Waals surface area contributed by atoms with E-state index in [0.29, 0.717) is 44.3 Å². The molecule has 0 fully saturated rings. The summed E-state index contributed by atoms with van der Waals surface area (Å²) >= 11 is 20.1. The Labute approximate surface area is 219 Å². The van der Waals surface area contributed by atoms with Gasteiger partial charge in [0.2, 0.25) is 5.90 Å². The Bertz CT molecular complexity index is 1290. The first-order valence-electron chi connectivity index (χ1n) is 9.57. The second-order valence-electron chi connectivity index (χ2n) is 6.91. The van der Waals surface area contributed by atoms with Gasteiger partial charge in [0.25, 0.3) is 0 Å². The quantitative estimate of drug-likeness (QED) is 0.168. The number of benzene rings is 3. The van der Waals surface area contributed by atoms with Crippen molar-refractivity contribution < 1.29 is 19.0 Å². The molecule has 0 amide bonds. The Morgan fingerprint density at radius 3 is 2.48 bits per heavy atom. The van der Waals surface area contributed by atoms with E-state index in [1.165, 1.54) is 0 Å². The highest BCUT2D eigenvalue weighted by Crippen LogP contribution is 2.36. The van der Waals surface area contributed by atoms with Gasteiger partial charge in [-0.25, -0.2) is 9.79 Å². The molecule has 0 spiro atoms. The van der Waals surface area contributed by atoms with E-state index in [-0.39, 0.29) is 11.6 Å². The van der Waals surface area contributed by atoms with Gasteiger partial charge in [-0.05, 0) is 82.3 Å². The van der Waals surface area contributed by atoms with Crippen molar-refractivity contribution in [2.24, 2.45) is 4.99 Å². The van der Waals surface area contributed by atoms with Crippen LogP contribution in [0.2, 0.25) is 15.1 Å². The van der Waals surface area contributed by atoms with E-state index in [2.05, 4.69) is 27.6 Å². The number of ether oxygens (including phenoxy) is 3. The molecule has 1 heterocycles. The van der Waals surface area contributed by atoms with E-state index in [4.69, 9.17) is 49.0 Å². The number of halogens is 4. The van der Waals surface area contributed by atoms with Crippen molar-refractivity contribution in [2.75, 3.05) is 7.11 Å². The zero-order chi connectivity index (χ0) is 23.5. The van der Waals surface area contributed by atoms with Crippen LogP contribution in [0.25, 0.3) is 6.08 Å². The lowest BCUT2D eigenvalue weighted by atomic mass is 10.1. The lowest BCUT2D eigenvalue weighted by molar-refractivity contribution is -0.129. The second-order valence-corrected chi connectivity index (χ2v) is 9.33. The Morgan fingerprint density at radius 2 is 1.79 bits per heavy atom. The Hall–Kier alpha value is -2.26. The summed E-state index contributed by atoms with van der Waals surface area (Å²) in [6.45, 7) is 0.355. The molecule has 0 radical (unpaired) electrons. The van der Waals surface area contributed by atoms with Crippen molar-refractivity contribution in [1.29, 1.82) is 0 Å². The van der Waals surface area contributed by atoms with Gasteiger partial charge in [0.1, 0.15) is 6.61 Å². The molecule has 3 aromatic rings. The summed E-state index contributed by atoms with van der Waals surface area (Å²) in [5.74, 6) is 0.731. The van der Waals surface area contributed by atoms with Crippen LogP contribution in [0.3, 0.4) is 0 Å². The van der Waals surface area contributed by atoms with Crippen molar-refractivity contribution in [2.45, 2.75) is 6.61 Å². The number of rotatable bonds is 6. The molecule has 0 atom stereocenters. The van der Waals surface area contributed by atoms with Crippen LogP contribution in [-0.2, 0) is 16.1 Å². The summed E-state index contributed by atoms with van der Waals surface area (Å²) < 4.78 is 17.6. The monoisotopic (exact) mass is 613 g/mol. The molecule has 0 unspecified atom stereocenters. The van der Waals surface area contributed by atoms with Gasteiger partial charge >= 0.3 is 5.97 Å². The molecular formula is C24H15Cl3INO4. The maximum atomic E-state index is 12.4. The molecule has 0 saturated carbocycles. The molecule has 1 aliphatic rings. The maximum Gasteiger partial charge on any atom is 0.363 e. The second kappa shape index (κ2) is 10.3. The zero-order valence-electron chi connectivity index (χ0n) is 17.1. The number of hydrogen-bond donors (Lipinski definition) is 0. The molecule has 5 nitrogen and oxygen atoms in total. The predicted octanol–water partition coefficient (Wildman–Crippen LogP) is 7.18. The predicted molar refractivity (Wildman–Crippen MR) is 139 cm³/mol. The van der Waals surface area contributed by atoms with Gasteiger partial charge in [-0.15, -0.1) is 0 Å². The van der Waals surface area contributed by atoms with Gasteiger partial charge in [-0.1, -0.05) is 46.9 Å². The topological polar surface area (TPSA) is 57.1 Å². The number of methoxy groups -OCH3 is 1. The summed E-state index contributed by atoms with van der Waals surface area (Å²) in [6, 6.07) is 16.0. The number of carbonyl (C=O) groups excluding carboxylic acids is 1. The fraction of sp³-hybridized carbons (Fsp3) is 0.0833. The molecule has 168 valence electrons. The number of aliphatic imine (C=N–C) groups is 1. The average molecular weight is 615 g/mol. The molecule has 1 aliphatic heterocycles. The van der Waals surface area contributed by atoms with Gasteiger partial charge in [0.05, 0.1) is 20.7 Å². The Balaban J connectivity index is 1.59. The fourth-order valence-electron chi connectivity index (χ4n) is 3.02. The van der Waals surface area contributed by atoms with E-state index < -0.39 is 5.97 Å². The maximum absolute atomic E-state index is 12.4. The van der Waals surface area contributed by atoms with E-state index in [1.54, 1.807) is 37.5 Å². The van der Waals surface area contributed by atoms with E-state index >= 15 is 0 Å². The molecule has 4 rings (SSSR count). The van der Waals surface area contributed by atoms with Gasteiger partial charge < -0.3 is 14.2 Å². The highest BCUT2D eigenvalue weighted by molar-refractivity contribution is 14.1. The van der Waals surface area contributed by atoms with Crippen LogP contribution >= 0.6 is 57.4 Å². The van der Waals surface area contributed by atoms with Crippen LogP contribution in [0.15, 0.2) is 65.3 Å². The first-order chi connectivity index (χ1) is 15.8. The van der Waals surface area contributed by atoms with Crippen LogP contribution in [0.4, 0.5) is 0 Å². The van der Waals surface area contributed by atoms with Crippen molar-refractivity contribution in [1.82, 2.24) is 0 Å². The van der Waals surface area contributed by atoms with E-state index in [1.807, 2.05) is 30.3 Å². The largest absolute Gasteiger partial charge is 0.493 e. The molecule has 0 aliphatic carbocycles. The number of hydrogen-bond acceptors (Lipinski definition) is 5. The van der Waals surface area contributed by atoms with Gasteiger partial charge in [0.15, 0.2) is 17.2 Å². The van der Waals surface area contributed by atoms with Crippen LogP contribution < -0.4 is 9.47 Å². The number of esters is 1. The average Bonchev–Trinajstić information content (AvgIpc) is 3.15. The highest BCUT2D eigenvalue weighted by Gasteiger charge is 2.25. The Kier molecular flexibility index (Phi) is 7.48. The third-order valence-corrected chi connectivity index (χ3v) is 6.43. The number of carbonyl (C=O) groups is 1. The van der Waals surface area contributed by atoms with Gasteiger partial charge in [-0.2, -0.15) is 0 Å². The minimum absolute atomic E-state index is 0.156. The van der Waals surface area contributed by atoms with Crippen LogP contribution in [0.5, 0.6) is 11.5 Å². The van der Waals surface area contributed by atoms with Gasteiger partial charge in [0, 0.05) is 10.6 Å². The summed E-state index contributed by atoms with van der Waals surface area (Å²) in [7, 11) is 1.56. The van der Waals surface area contributed by atoms with Crippen molar-refractivity contribution in [3.63, 3.8) is 0 Å². The summed E-state index contributed by atoms with van der Waals surface area (Å²) in [6.07, 6.45) is 1.63. The number of cyclic esters (lactones) is 1. The summed E-state index contributed by atoms with van der Waals surface area (Å²) in [4.78, 5) is 16.7. The van der Waals surface area contributed by atoms with Crippen molar-refractivity contribution >= 4 is 75.3 Å². The smallest absolute Gasteiger partial charge is 0.363 e. The molecule has 0 aromatic heterocycles. The van der Waals surface area contributed by atoms with E-state index in [0.717, 1.165) is 9.13 Å². The SMILES string of the molecule is COc1cc(/C=C2\N=C(c3ccc(Cl)c(Cl)c3)OC2=O)cc(I)c1OCc1ccc(Cl)cc1. The molecule has 9 heteroatoms. The van der Waals surface area contributed by atoms with Crippen LogP contribution in [-0.4, -0.2) is 19.0 Å². The molecule has 0 bridgehead atoms. The molecule has 33 heavy (non-hydrogen) atoms. The molecular weight excluding hydrogens is 600 g/mol. The lowest BCUT2D eigenvalue weighted by Gasteiger charge is -2.14. The minimum atomic E-state index is -0.562. The third kappa shape index (κ3) is 5.63. The van der Waals surface area contributed by atoms with Crippen molar-refractivity contribution in [3.05, 3.63) is 95.6 Å². The highest BCUT2D eigenvalue weighted by atomic mass is 127. The van der Waals surface area contributed by atoms with Crippen molar-refractivity contribution in [3.8, 4) is 11.5 Å². The summed E-state index contributed by atoms with van der Waals surface area (Å²) in [5, 5.41) is 1.42. The van der Waals surface area contributed by atoms with E-state index in [9.17, 15) is 4.79 Å². The molecule has 0 saturated heterocycles. The number of nitrogens with zero attached hydrogens (tertiary/aromatic N) is 1. The van der Waals surface area contributed by atoms with Crippen LogP contribution in [0, 0.1) is 3.57 Å². The summed E-state index contributed by atoms with van der Waals surface area (Å²) in [5.41, 5.74) is 2.39. The molecule has 3 aromatic carbocycles. The van der Waals surface area contributed by atoms with Gasteiger partial charge in [-0.3, -0.25) is 0 Å².